The molecule has 0 unspecified atom stereocenters. The zero-order valence-corrected chi connectivity index (χ0v) is 12.1. The van der Waals surface area contributed by atoms with Gasteiger partial charge in [0.2, 0.25) is 0 Å². The molecule has 1 aliphatic heterocycles. The average Bonchev–Trinajstić information content (AvgIpc) is 2.37. The molecule has 0 aromatic carbocycles. The van der Waals surface area contributed by atoms with Crippen LogP contribution in [0.4, 0.5) is 5.82 Å². The standard InChI is InChI=1S/C13H21ClN4/c1-4-18-7-5-11(6-8-18)17-13-12(14)15-9(2)10(3)16-13/h11H,4-8H2,1-3H3,(H,16,17). The van der Waals surface area contributed by atoms with Crippen molar-refractivity contribution in [1.29, 1.82) is 0 Å². The van der Waals surface area contributed by atoms with E-state index in [1.165, 1.54) is 0 Å². The Labute approximate surface area is 114 Å². The smallest absolute Gasteiger partial charge is 0.171 e. The van der Waals surface area contributed by atoms with Crippen molar-refractivity contribution in [2.75, 3.05) is 25.0 Å². The summed E-state index contributed by atoms with van der Waals surface area (Å²) in [5.41, 5.74) is 1.83. The number of aromatic nitrogens is 2. The molecule has 100 valence electrons. The van der Waals surface area contributed by atoms with Crippen LogP contribution in [0.2, 0.25) is 5.15 Å². The summed E-state index contributed by atoms with van der Waals surface area (Å²) in [6.07, 6.45) is 2.28. The quantitative estimate of drug-likeness (QED) is 0.915. The van der Waals surface area contributed by atoms with Crippen molar-refractivity contribution in [3.63, 3.8) is 0 Å². The molecule has 0 spiro atoms. The SMILES string of the molecule is CCN1CCC(Nc2nc(C)c(C)nc2Cl)CC1. The summed E-state index contributed by atoms with van der Waals surface area (Å²) in [6.45, 7) is 9.52. The number of rotatable bonds is 3. The van der Waals surface area contributed by atoms with Crippen molar-refractivity contribution in [3.8, 4) is 0 Å². The van der Waals surface area contributed by atoms with Gasteiger partial charge in [-0.15, -0.1) is 0 Å². The fraction of sp³-hybridized carbons (Fsp3) is 0.692. The molecule has 0 aliphatic carbocycles. The molecule has 1 aromatic rings. The Bertz CT molecular complexity index is 414. The largest absolute Gasteiger partial charge is 0.365 e. The lowest BCUT2D eigenvalue weighted by Gasteiger charge is -2.31. The van der Waals surface area contributed by atoms with E-state index in [0.717, 1.165) is 49.7 Å². The van der Waals surface area contributed by atoms with Gasteiger partial charge >= 0.3 is 0 Å². The summed E-state index contributed by atoms with van der Waals surface area (Å²) >= 11 is 6.13. The van der Waals surface area contributed by atoms with Crippen molar-refractivity contribution >= 4 is 17.4 Å². The molecule has 4 nitrogen and oxygen atoms in total. The van der Waals surface area contributed by atoms with Gasteiger partial charge in [-0.1, -0.05) is 18.5 Å². The number of anilines is 1. The van der Waals surface area contributed by atoms with Crippen LogP contribution >= 0.6 is 11.6 Å². The molecule has 0 radical (unpaired) electrons. The van der Waals surface area contributed by atoms with Crippen molar-refractivity contribution in [2.45, 2.75) is 39.7 Å². The first kappa shape index (κ1) is 13.6. The van der Waals surface area contributed by atoms with Crippen LogP contribution in [0.3, 0.4) is 0 Å². The Kier molecular flexibility index (Phi) is 4.40. The normalized spacial score (nSPS) is 18.0. The zero-order valence-electron chi connectivity index (χ0n) is 11.3. The summed E-state index contributed by atoms with van der Waals surface area (Å²) in [4.78, 5) is 11.3. The first-order valence-corrected chi connectivity index (χ1v) is 6.97. The van der Waals surface area contributed by atoms with Crippen LogP contribution in [0.15, 0.2) is 0 Å². The second kappa shape index (κ2) is 5.85. The summed E-state index contributed by atoms with van der Waals surface area (Å²) in [5, 5.41) is 3.91. The minimum Gasteiger partial charge on any atom is -0.365 e. The number of nitrogens with zero attached hydrogens (tertiary/aromatic N) is 3. The van der Waals surface area contributed by atoms with Crippen LogP contribution in [-0.2, 0) is 0 Å². The zero-order chi connectivity index (χ0) is 13.1. The lowest BCUT2D eigenvalue weighted by Crippen LogP contribution is -2.39. The van der Waals surface area contributed by atoms with Gasteiger partial charge in [0.05, 0.1) is 11.4 Å². The highest BCUT2D eigenvalue weighted by Crippen LogP contribution is 2.22. The van der Waals surface area contributed by atoms with Gasteiger partial charge in [-0.2, -0.15) is 0 Å². The van der Waals surface area contributed by atoms with Gasteiger partial charge in [-0.3, -0.25) is 0 Å². The first-order valence-electron chi connectivity index (χ1n) is 6.59. The van der Waals surface area contributed by atoms with Crippen LogP contribution < -0.4 is 5.32 Å². The Balaban J connectivity index is 2.00. The van der Waals surface area contributed by atoms with Gasteiger partial charge in [0, 0.05) is 19.1 Å². The third kappa shape index (κ3) is 3.12. The van der Waals surface area contributed by atoms with Crippen molar-refractivity contribution < 1.29 is 0 Å². The predicted octanol–water partition coefficient (Wildman–Crippen LogP) is 2.64. The van der Waals surface area contributed by atoms with Crippen molar-refractivity contribution in [2.24, 2.45) is 0 Å². The van der Waals surface area contributed by atoms with Crippen LogP contribution in [-0.4, -0.2) is 40.5 Å². The van der Waals surface area contributed by atoms with E-state index >= 15 is 0 Å². The van der Waals surface area contributed by atoms with Crippen molar-refractivity contribution in [3.05, 3.63) is 16.5 Å². The predicted molar refractivity (Wildman–Crippen MR) is 75.3 cm³/mol. The molecule has 0 bridgehead atoms. The van der Waals surface area contributed by atoms with E-state index in [9.17, 15) is 0 Å². The Morgan fingerprint density at radius 3 is 2.44 bits per heavy atom. The molecule has 1 aliphatic rings. The lowest BCUT2D eigenvalue weighted by molar-refractivity contribution is 0.229. The summed E-state index contributed by atoms with van der Waals surface area (Å²) in [7, 11) is 0. The van der Waals surface area contributed by atoms with E-state index in [1.807, 2.05) is 13.8 Å². The maximum absolute atomic E-state index is 6.13. The first-order chi connectivity index (χ1) is 8.60. The number of hydrogen-bond acceptors (Lipinski definition) is 4. The number of likely N-dealkylation sites (tertiary alicyclic amines) is 1. The molecule has 18 heavy (non-hydrogen) atoms. The molecule has 1 fully saturated rings. The molecule has 1 N–H and O–H groups in total. The Hall–Kier alpha value is -0.870. The van der Waals surface area contributed by atoms with E-state index < -0.39 is 0 Å². The third-order valence-corrected chi connectivity index (χ3v) is 3.90. The number of piperidine rings is 1. The van der Waals surface area contributed by atoms with Gasteiger partial charge in [0.15, 0.2) is 11.0 Å². The second-order valence-electron chi connectivity index (χ2n) is 4.89. The van der Waals surface area contributed by atoms with E-state index in [-0.39, 0.29) is 0 Å². The molecule has 0 amide bonds. The number of halogens is 1. The fourth-order valence-corrected chi connectivity index (χ4v) is 2.48. The number of aryl methyl sites for hydroxylation is 2. The summed E-state index contributed by atoms with van der Waals surface area (Å²) < 4.78 is 0. The van der Waals surface area contributed by atoms with Crippen LogP contribution in [0.5, 0.6) is 0 Å². The van der Waals surface area contributed by atoms with Crippen molar-refractivity contribution in [1.82, 2.24) is 14.9 Å². The van der Waals surface area contributed by atoms with Gasteiger partial charge in [0.1, 0.15) is 0 Å². The molecule has 0 saturated carbocycles. The molecular weight excluding hydrogens is 248 g/mol. The maximum atomic E-state index is 6.13. The molecule has 1 saturated heterocycles. The van der Waals surface area contributed by atoms with E-state index in [0.29, 0.717) is 11.2 Å². The van der Waals surface area contributed by atoms with E-state index in [2.05, 4.69) is 27.1 Å². The van der Waals surface area contributed by atoms with E-state index in [1.54, 1.807) is 0 Å². The van der Waals surface area contributed by atoms with Gasteiger partial charge in [-0.05, 0) is 33.2 Å². The van der Waals surface area contributed by atoms with Crippen LogP contribution in [0, 0.1) is 13.8 Å². The average molecular weight is 269 g/mol. The van der Waals surface area contributed by atoms with Gasteiger partial charge < -0.3 is 10.2 Å². The van der Waals surface area contributed by atoms with Gasteiger partial charge in [-0.25, -0.2) is 9.97 Å². The highest BCUT2D eigenvalue weighted by atomic mass is 35.5. The molecule has 2 rings (SSSR count). The highest BCUT2D eigenvalue weighted by Gasteiger charge is 2.19. The van der Waals surface area contributed by atoms with Crippen LogP contribution in [0.1, 0.15) is 31.2 Å². The molecule has 1 aromatic heterocycles. The van der Waals surface area contributed by atoms with E-state index in [4.69, 9.17) is 11.6 Å². The minimum absolute atomic E-state index is 0.460. The molecule has 2 heterocycles. The molecule has 5 heteroatoms. The second-order valence-corrected chi connectivity index (χ2v) is 5.24. The monoisotopic (exact) mass is 268 g/mol. The molecule has 0 atom stereocenters. The summed E-state index contributed by atoms with van der Waals surface area (Å²) in [5.74, 6) is 0.731. The minimum atomic E-state index is 0.460. The fourth-order valence-electron chi connectivity index (χ4n) is 2.25. The maximum Gasteiger partial charge on any atom is 0.171 e. The van der Waals surface area contributed by atoms with Gasteiger partial charge in [0.25, 0.3) is 0 Å². The highest BCUT2D eigenvalue weighted by molar-refractivity contribution is 6.31. The topological polar surface area (TPSA) is 41.0 Å². The number of nitrogens with one attached hydrogen (secondary N) is 1. The Morgan fingerprint density at radius 1 is 1.22 bits per heavy atom. The molecular formula is C13H21ClN4. The third-order valence-electron chi connectivity index (χ3n) is 3.64. The summed E-state index contributed by atoms with van der Waals surface area (Å²) in [6, 6.07) is 0.460. The lowest BCUT2D eigenvalue weighted by atomic mass is 10.1. The Morgan fingerprint density at radius 2 is 1.83 bits per heavy atom. The number of hydrogen-bond donors (Lipinski definition) is 1. The van der Waals surface area contributed by atoms with Crippen LogP contribution in [0.25, 0.3) is 0 Å².